The molecule has 39 heavy (non-hydrogen) atoms. The fourth-order valence-electron chi connectivity index (χ4n) is 4.55. The lowest BCUT2D eigenvalue weighted by Gasteiger charge is -2.13. The minimum absolute atomic E-state index is 0.110. The molecule has 2 amide bonds. The maximum atomic E-state index is 13.0. The van der Waals surface area contributed by atoms with E-state index in [9.17, 15) is 19.7 Å². The molecule has 0 saturated heterocycles. The summed E-state index contributed by atoms with van der Waals surface area (Å²) in [6.45, 7) is 4.83. The van der Waals surface area contributed by atoms with Crippen molar-refractivity contribution in [3.8, 4) is 0 Å². The van der Waals surface area contributed by atoms with Gasteiger partial charge in [0.1, 0.15) is 0 Å². The zero-order valence-electron chi connectivity index (χ0n) is 21.4. The molecule has 0 spiro atoms. The maximum absolute atomic E-state index is 13.0. The van der Waals surface area contributed by atoms with Crippen molar-refractivity contribution in [1.29, 1.82) is 0 Å². The topological polar surface area (TPSA) is 106 Å². The van der Waals surface area contributed by atoms with Crippen molar-refractivity contribution in [2.45, 2.75) is 30.5 Å². The molecule has 196 valence electrons. The highest BCUT2D eigenvalue weighted by atomic mass is 32.2. The van der Waals surface area contributed by atoms with E-state index in [1.54, 1.807) is 12.1 Å². The molecule has 5 rings (SSSR count). The Bertz CT molecular complexity index is 1710. The average Bonchev–Trinajstić information content (AvgIpc) is 3.27. The van der Waals surface area contributed by atoms with Crippen molar-refractivity contribution in [3.05, 3.63) is 107 Å². The summed E-state index contributed by atoms with van der Waals surface area (Å²) in [5, 5.41) is 18.7. The van der Waals surface area contributed by atoms with Crippen LogP contribution in [-0.2, 0) is 11.3 Å². The predicted octanol–water partition coefficient (Wildman–Crippen LogP) is 7.09. The van der Waals surface area contributed by atoms with E-state index >= 15 is 0 Å². The summed E-state index contributed by atoms with van der Waals surface area (Å²) < 4.78 is 2.27. The monoisotopic (exact) mass is 538 g/mol. The third-order valence-corrected chi connectivity index (χ3v) is 7.58. The molecule has 0 aliphatic heterocycles. The quantitative estimate of drug-likeness (QED) is 0.125. The van der Waals surface area contributed by atoms with Crippen molar-refractivity contribution in [2.24, 2.45) is 0 Å². The van der Waals surface area contributed by atoms with Crippen LogP contribution in [-0.4, -0.2) is 26.6 Å². The summed E-state index contributed by atoms with van der Waals surface area (Å²) in [7, 11) is 0. The molecule has 9 heteroatoms. The first kappa shape index (κ1) is 26.0. The normalized spacial score (nSPS) is 11.8. The van der Waals surface area contributed by atoms with Gasteiger partial charge in [0, 0.05) is 62.3 Å². The van der Waals surface area contributed by atoms with E-state index in [4.69, 9.17) is 0 Å². The van der Waals surface area contributed by atoms with Crippen molar-refractivity contribution in [2.75, 3.05) is 10.6 Å². The van der Waals surface area contributed by atoms with Crippen LogP contribution in [0.25, 0.3) is 21.8 Å². The highest BCUT2D eigenvalue weighted by Gasteiger charge is 2.17. The zero-order valence-corrected chi connectivity index (χ0v) is 22.2. The van der Waals surface area contributed by atoms with Gasteiger partial charge in [0.05, 0.1) is 10.2 Å². The van der Waals surface area contributed by atoms with Gasteiger partial charge in [0.25, 0.3) is 11.6 Å². The Morgan fingerprint density at radius 2 is 1.59 bits per heavy atom. The maximum Gasteiger partial charge on any atom is 0.270 e. The van der Waals surface area contributed by atoms with Gasteiger partial charge in [-0.15, -0.1) is 11.8 Å². The molecule has 1 atom stereocenters. The van der Waals surface area contributed by atoms with Crippen LogP contribution in [0.4, 0.5) is 17.1 Å². The molecule has 0 aliphatic rings. The molecule has 1 heterocycles. The van der Waals surface area contributed by atoms with Gasteiger partial charge in [-0.3, -0.25) is 19.7 Å². The molecule has 2 N–H and O–H groups in total. The third-order valence-electron chi connectivity index (χ3n) is 6.47. The summed E-state index contributed by atoms with van der Waals surface area (Å²) in [5.41, 5.74) is 3.66. The van der Waals surface area contributed by atoms with Gasteiger partial charge < -0.3 is 15.2 Å². The lowest BCUT2D eigenvalue weighted by atomic mass is 10.1. The standard InChI is InChI=1S/C30H26N4O4S/c1-3-33-27-10-5-4-9-25(27)26-18-22(13-16-28(26)33)32-29(35)19(2)39-24-14-11-21(12-15-24)31-30(36)20-7-6-8-23(17-20)34(37)38/h4-19H,3H2,1-2H3,(H,31,36)(H,32,35). The predicted molar refractivity (Wildman–Crippen MR) is 157 cm³/mol. The van der Waals surface area contributed by atoms with Crippen LogP contribution in [0.15, 0.2) is 95.9 Å². The van der Waals surface area contributed by atoms with Crippen molar-refractivity contribution in [3.63, 3.8) is 0 Å². The third kappa shape index (κ3) is 5.49. The van der Waals surface area contributed by atoms with Gasteiger partial charge in [-0.25, -0.2) is 0 Å². The van der Waals surface area contributed by atoms with Gasteiger partial charge in [-0.2, -0.15) is 0 Å². The largest absolute Gasteiger partial charge is 0.341 e. The summed E-state index contributed by atoms with van der Waals surface area (Å²) in [6, 6.07) is 27.0. The number of nitrogens with zero attached hydrogens (tertiary/aromatic N) is 2. The summed E-state index contributed by atoms with van der Waals surface area (Å²) >= 11 is 1.41. The Hall–Kier alpha value is -4.63. The number of nitrogens with one attached hydrogen (secondary N) is 2. The van der Waals surface area contributed by atoms with Crippen LogP contribution in [0.1, 0.15) is 24.2 Å². The lowest BCUT2D eigenvalue weighted by Crippen LogP contribution is -2.22. The lowest BCUT2D eigenvalue weighted by molar-refractivity contribution is -0.384. The van der Waals surface area contributed by atoms with Crippen molar-refractivity contribution in [1.82, 2.24) is 4.57 Å². The van der Waals surface area contributed by atoms with Crippen molar-refractivity contribution >= 4 is 62.4 Å². The smallest absolute Gasteiger partial charge is 0.270 e. The molecule has 1 unspecified atom stereocenters. The van der Waals surface area contributed by atoms with Gasteiger partial charge in [0.2, 0.25) is 5.91 Å². The molecule has 0 fully saturated rings. The second-order valence-electron chi connectivity index (χ2n) is 9.03. The Morgan fingerprint density at radius 3 is 2.33 bits per heavy atom. The number of nitro groups is 1. The van der Waals surface area contributed by atoms with Gasteiger partial charge >= 0.3 is 0 Å². The molecule has 5 aromatic rings. The van der Waals surface area contributed by atoms with Crippen LogP contribution in [0.3, 0.4) is 0 Å². The Kier molecular flexibility index (Phi) is 7.33. The number of benzene rings is 4. The van der Waals surface area contributed by atoms with E-state index in [2.05, 4.69) is 34.3 Å². The van der Waals surface area contributed by atoms with E-state index < -0.39 is 10.8 Å². The van der Waals surface area contributed by atoms with Crippen LogP contribution in [0.5, 0.6) is 0 Å². The number of fused-ring (bicyclic) bond motifs is 3. The number of thioether (sulfide) groups is 1. The molecule has 8 nitrogen and oxygen atoms in total. The highest BCUT2D eigenvalue weighted by molar-refractivity contribution is 8.00. The zero-order chi connectivity index (χ0) is 27.5. The number of aromatic nitrogens is 1. The van der Waals surface area contributed by atoms with Gasteiger partial charge in [-0.05, 0) is 68.4 Å². The van der Waals surface area contributed by atoms with E-state index in [0.29, 0.717) is 5.69 Å². The first-order valence-electron chi connectivity index (χ1n) is 12.5. The van der Waals surface area contributed by atoms with Gasteiger partial charge in [0.15, 0.2) is 0 Å². The van der Waals surface area contributed by atoms with E-state index in [0.717, 1.165) is 33.4 Å². The van der Waals surface area contributed by atoms with E-state index in [1.165, 1.54) is 41.5 Å². The number of rotatable bonds is 8. The van der Waals surface area contributed by atoms with Crippen LogP contribution < -0.4 is 10.6 Å². The fourth-order valence-corrected chi connectivity index (χ4v) is 5.42. The molecular formula is C30H26N4O4S. The van der Waals surface area contributed by atoms with Crippen LogP contribution >= 0.6 is 11.8 Å². The number of para-hydroxylation sites is 1. The average molecular weight is 539 g/mol. The number of hydrogen-bond donors (Lipinski definition) is 2. The number of nitro benzene ring substituents is 1. The molecule has 0 saturated carbocycles. The van der Waals surface area contributed by atoms with Gasteiger partial charge in [-0.1, -0.05) is 24.3 Å². The minimum Gasteiger partial charge on any atom is -0.341 e. The number of hydrogen-bond acceptors (Lipinski definition) is 5. The van der Waals surface area contributed by atoms with E-state index in [-0.39, 0.29) is 22.4 Å². The Balaban J connectivity index is 1.23. The molecule has 4 aromatic carbocycles. The SMILES string of the molecule is CCn1c2ccccc2c2cc(NC(=O)C(C)Sc3ccc(NC(=O)c4cccc([N+](=O)[O-])c4)cc3)ccc21. The summed E-state index contributed by atoms with van der Waals surface area (Å²) in [6.07, 6.45) is 0. The van der Waals surface area contributed by atoms with Crippen molar-refractivity contribution < 1.29 is 14.5 Å². The Morgan fingerprint density at radius 1 is 0.872 bits per heavy atom. The number of non-ortho nitro benzene ring substituents is 1. The summed E-state index contributed by atoms with van der Waals surface area (Å²) in [5.74, 6) is -0.549. The fraction of sp³-hybridized carbons (Fsp3) is 0.133. The minimum atomic E-state index is -0.538. The first-order chi connectivity index (χ1) is 18.8. The second-order valence-corrected chi connectivity index (χ2v) is 10.4. The van der Waals surface area contributed by atoms with E-state index in [1.807, 2.05) is 49.4 Å². The summed E-state index contributed by atoms with van der Waals surface area (Å²) in [4.78, 5) is 36.8. The molecule has 0 bridgehead atoms. The second kappa shape index (κ2) is 11.0. The Labute approximate surface area is 229 Å². The number of amides is 2. The van der Waals surface area contributed by atoms with Crippen LogP contribution in [0.2, 0.25) is 0 Å². The molecule has 1 aromatic heterocycles. The number of anilines is 2. The molecule has 0 aliphatic carbocycles. The number of carbonyl (C=O) groups excluding carboxylic acids is 2. The first-order valence-corrected chi connectivity index (χ1v) is 13.4. The molecular weight excluding hydrogens is 512 g/mol. The molecule has 0 radical (unpaired) electrons. The highest BCUT2D eigenvalue weighted by Crippen LogP contribution is 2.32. The van der Waals surface area contributed by atoms with Crippen LogP contribution in [0, 0.1) is 10.1 Å². The number of carbonyl (C=O) groups is 2. The number of aryl methyl sites for hydroxylation is 1.